The van der Waals surface area contributed by atoms with Gasteiger partial charge in [0.2, 0.25) is 0 Å². The second-order valence-electron chi connectivity index (χ2n) is 3.43. The maximum atomic E-state index is 11.1. The summed E-state index contributed by atoms with van der Waals surface area (Å²) in [6.45, 7) is 3.24. The van der Waals surface area contributed by atoms with Gasteiger partial charge in [-0.05, 0) is 37.6 Å². The standard InChI is InChI=1S/C14H14O3/c1-3-4-14(16)17-13-9-7-12(8-10-13)6-5-11(2)15/h3-10H,1-2H3/b4-3+,6-5+. The molecular weight excluding hydrogens is 216 g/mol. The highest BCUT2D eigenvalue weighted by molar-refractivity contribution is 5.91. The Labute approximate surface area is 100 Å². The molecule has 0 amide bonds. The third-order valence-corrected chi connectivity index (χ3v) is 1.91. The van der Waals surface area contributed by atoms with Crippen LogP contribution >= 0.6 is 0 Å². The Morgan fingerprint density at radius 1 is 1.12 bits per heavy atom. The van der Waals surface area contributed by atoms with E-state index in [9.17, 15) is 9.59 Å². The Kier molecular flexibility index (Phi) is 4.88. The number of ether oxygens (including phenoxy) is 1. The van der Waals surface area contributed by atoms with Crippen LogP contribution in [0, 0.1) is 0 Å². The summed E-state index contributed by atoms with van der Waals surface area (Å²) in [4.78, 5) is 21.9. The maximum absolute atomic E-state index is 11.1. The molecule has 1 aromatic rings. The molecule has 0 heterocycles. The zero-order chi connectivity index (χ0) is 12.7. The molecule has 0 aliphatic heterocycles. The smallest absolute Gasteiger partial charge is 0.335 e. The minimum atomic E-state index is -0.403. The molecule has 1 aromatic carbocycles. The van der Waals surface area contributed by atoms with E-state index in [1.165, 1.54) is 19.1 Å². The van der Waals surface area contributed by atoms with Crippen LogP contribution in [0.1, 0.15) is 19.4 Å². The van der Waals surface area contributed by atoms with Crippen molar-refractivity contribution in [2.24, 2.45) is 0 Å². The van der Waals surface area contributed by atoms with Crippen LogP contribution in [0.15, 0.2) is 42.5 Å². The Balaban J connectivity index is 2.68. The predicted molar refractivity (Wildman–Crippen MR) is 66.6 cm³/mol. The number of carbonyl (C=O) groups excluding carboxylic acids is 2. The summed E-state index contributed by atoms with van der Waals surface area (Å²) in [6, 6.07) is 6.91. The molecule has 0 saturated carbocycles. The number of esters is 1. The summed E-state index contributed by atoms with van der Waals surface area (Å²) >= 11 is 0. The Bertz CT molecular complexity index is 453. The minimum Gasteiger partial charge on any atom is -0.423 e. The van der Waals surface area contributed by atoms with Crippen molar-refractivity contribution in [3.8, 4) is 5.75 Å². The van der Waals surface area contributed by atoms with Gasteiger partial charge in [-0.25, -0.2) is 4.79 Å². The third kappa shape index (κ3) is 4.93. The molecule has 0 radical (unpaired) electrons. The van der Waals surface area contributed by atoms with E-state index < -0.39 is 5.97 Å². The average Bonchev–Trinajstić information content (AvgIpc) is 2.28. The van der Waals surface area contributed by atoms with Crippen molar-refractivity contribution in [1.29, 1.82) is 0 Å². The number of benzene rings is 1. The fourth-order valence-corrected chi connectivity index (χ4v) is 1.15. The summed E-state index contributed by atoms with van der Waals surface area (Å²) in [7, 11) is 0. The first-order chi connectivity index (χ1) is 8.11. The van der Waals surface area contributed by atoms with Crippen molar-refractivity contribution in [3.05, 3.63) is 48.1 Å². The first-order valence-electron chi connectivity index (χ1n) is 5.25. The van der Waals surface area contributed by atoms with Crippen LogP contribution in [0.4, 0.5) is 0 Å². The molecular formula is C14H14O3. The fraction of sp³-hybridized carbons (Fsp3) is 0.143. The van der Waals surface area contributed by atoms with Gasteiger partial charge in [0.05, 0.1) is 0 Å². The molecule has 1 rings (SSSR count). The van der Waals surface area contributed by atoms with E-state index in [0.29, 0.717) is 5.75 Å². The van der Waals surface area contributed by atoms with Gasteiger partial charge in [-0.2, -0.15) is 0 Å². The van der Waals surface area contributed by atoms with Gasteiger partial charge in [0.25, 0.3) is 0 Å². The van der Waals surface area contributed by atoms with E-state index in [2.05, 4.69) is 0 Å². The number of ketones is 1. The molecule has 0 aromatic heterocycles. The van der Waals surface area contributed by atoms with Crippen LogP contribution in [-0.4, -0.2) is 11.8 Å². The van der Waals surface area contributed by atoms with Gasteiger partial charge in [-0.3, -0.25) is 4.79 Å². The first-order valence-corrected chi connectivity index (χ1v) is 5.25. The molecule has 0 aliphatic rings. The first kappa shape index (κ1) is 12.9. The van der Waals surface area contributed by atoms with E-state index in [0.717, 1.165) is 5.56 Å². The average molecular weight is 230 g/mol. The second-order valence-corrected chi connectivity index (χ2v) is 3.43. The van der Waals surface area contributed by atoms with Crippen LogP contribution in [0.2, 0.25) is 0 Å². The van der Waals surface area contributed by atoms with E-state index in [1.807, 2.05) is 0 Å². The zero-order valence-corrected chi connectivity index (χ0v) is 9.84. The molecule has 0 atom stereocenters. The number of allylic oxidation sites excluding steroid dienone is 2. The summed E-state index contributed by atoms with van der Waals surface area (Å²) < 4.78 is 5.02. The van der Waals surface area contributed by atoms with Crippen LogP contribution in [0.25, 0.3) is 6.08 Å². The van der Waals surface area contributed by atoms with Crippen molar-refractivity contribution in [3.63, 3.8) is 0 Å². The quantitative estimate of drug-likeness (QED) is 0.454. The highest BCUT2D eigenvalue weighted by Gasteiger charge is 1.99. The highest BCUT2D eigenvalue weighted by atomic mass is 16.5. The minimum absolute atomic E-state index is 0.00594. The summed E-state index contributed by atoms with van der Waals surface area (Å²) in [5, 5.41) is 0. The Morgan fingerprint density at radius 3 is 2.29 bits per heavy atom. The maximum Gasteiger partial charge on any atom is 0.335 e. The van der Waals surface area contributed by atoms with Gasteiger partial charge < -0.3 is 4.74 Å². The van der Waals surface area contributed by atoms with E-state index in [-0.39, 0.29) is 5.78 Å². The number of hydrogen-bond donors (Lipinski definition) is 0. The largest absolute Gasteiger partial charge is 0.423 e. The molecule has 0 unspecified atom stereocenters. The molecule has 88 valence electrons. The molecule has 0 fully saturated rings. The van der Waals surface area contributed by atoms with Crippen molar-refractivity contribution >= 4 is 17.8 Å². The van der Waals surface area contributed by atoms with Gasteiger partial charge in [0.1, 0.15) is 5.75 Å². The van der Waals surface area contributed by atoms with E-state index >= 15 is 0 Å². The van der Waals surface area contributed by atoms with E-state index in [4.69, 9.17) is 4.74 Å². The van der Waals surface area contributed by atoms with Gasteiger partial charge >= 0.3 is 5.97 Å². The predicted octanol–water partition coefficient (Wildman–Crippen LogP) is 2.77. The summed E-state index contributed by atoms with van der Waals surface area (Å²) in [5.74, 6) is 0.0705. The monoisotopic (exact) mass is 230 g/mol. The number of rotatable bonds is 4. The lowest BCUT2D eigenvalue weighted by Gasteiger charge is -2.01. The van der Waals surface area contributed by atoms with Crippen LogP contribution in [0.3, 0.4) is 0 Å². The molecule has 3 heteroatoms. The molecule has 17 heavy (non-hydrogen) atoms. The van der Waals surface area contributed by atoms with Gasteiger partial charge in [-0.15, -0.1) is 0 Å². The van der Waals surface area contributed by atoms with Crippen molar-refractivity contribution < 1.29 is 14.3 Å². The molecule has 0 N–H and O–H groups in total. The van der Waals surface area contributed by atoms with Gasteiger partial charge in [0, 0.05) is 6.08 Å². The second kappa shape index (κ2) is 6.43. The Morgan fingerprint density at radius 2 is 1.76 bits per heavy atom. The number of hydrogen-bond acceptors (Lipinski definition) is 3. The van der Waals surface area contributed by atoms with Crippen molar-refractivity contribution in [1.82, 2.24) is 0 Å². The topological polar surface area (TPSA) is 43.4 Å². The molecule has 0 saturated heterocycles. The van der Waals surface area contributed by atoms with E-state index in [1.54, 1.807) is 43.3 Å². The lowest BCUT2D eigenvalue weighted by Crippen LogP contribution is -2.03. The highest BCUT2D eigenvalue weighted by Crippen LogP contribution is 2.13. The van der Waals surface area contributed by atoms with Gasteiger partial charge in [0.15, 0.2) is 5.78 Å². The Hall–Kier alpha value is -2.16. The van der Waals surface area contributed by atoms with Crippen LogP contribution in [0.5, 0.6) is 5.75 Å². The van der Waals surface area contributed by atoms with Crippen LogP contribution < -0.4 is 4.74 Å². The molecule has 0 spiro atoms. The number of carbonyl (C=O) groups is 2. The normalized spacial score (nSPS) is 10.9. The van der Waals surface area contributed by atoms with Gasteiger partial charge in [-0.1, -0.05) is 24.3 Å². The zero-order valence-electron chi connectivity index (χ0n) is 9.84. The third-order valence-electron chi connectivity index (χ3n) is 1.91. The lowest BCUT2D eigenvalue weighted by molar-refractivity contribution is -0.129. The SMILES string of the molecule is C/C=C/C(=O)Oc1ccc(/C=C/C(C)=O)cc1. The fourth-order valence-electron chi connectivity index (χ4n) is 1.15. The van der Waals surface area contributed by atoms with Crippen molar-refractivity contribution in [2.45, 2.75) is 13.8 Å². The molecule has 3 nitrogen and oxygen atoms in total. The molecule has 0 bridgehead atoms. The summed E-state index contributed by atoms with van der Waals surface area (Å²) in [6.07, 6.45) is 6.16. The molecule has 0 aliphatic carbocycles. The van der Waals surface area contributed by atoms with Crippen LogP contribution in [-0.2, 0) is 9.59 Å². The summed E-state index contributed by atoms with van der Waals surface area (Å²) in [5.41, 5.74) is 0.881. The lowest BCUT2D eigenvalue weighted by atomic mass is 10.2. The van der Waals surface area contributed by atoms with Crippen molar-refractivity contribution in [2.75, 3.05) is 0 Å².